The van der Waals surface area contributed by atoms with Gasteiger partial charge in [0.2, 0.25) is 0 Å². The van der Waals surface area contributed by atoms with E-state index in [1.54, 1.807) is 12.2 Å². The second kappa shape index (κ2) is 30.2. The zero-order valence-corrected chi connectivity index (χ0v) is 53.6. The Kier molecular flexibility index (Phi) is 20.2. The smallest absolute Gasteiger partial charge is 0.192 e. The highest BCUT2D eigenvalue weighted by molar-refractivity contribution is 6.26. The van der Waals surface area contributed by atoms with Gasteiger partial charge < -0.3 is 37.9 Å². The fraction of sp³-hybridized carbons (Fsp3) is 0.165. The Hall–Kier alpha value is -11.2. The third kappa shape index (κ3) is 14.5. The van der Waals surface area contributed by atoms with Crippen molar-refractivity contribution in [1.29, 1.82) is 0 Å². The molecule has 0 bridgehead atoms. The average Bonchev–Trinajstić information content (AvgIpc) is 1.01. The molecular weight excluding hydrogens is 1230 g/mol. The van der Waals surface area contributed by atoms with Crippen LogP contribution in [0.2, 0.25) is 0 Å². The topological polar surface area (TPSA) is 166 Å². The maximum absolute atomic E-state index is 12.6. The van der Waals surface area contributed by atoms with Crippen LogP contribution in [0.4, 0.5) is 0 Å². The third-order valence-electron chi connectivity index (χ3n) is 17.2. The van der Waals surface area contributed by atoms with Gasteiger partial charge in [0.05, 0.1) is 59.5 Å². The summed E-state index contributed by atoms with van der Waals surface area (Å²) in [7, 11) is 0. The van der Waals surface area contributed by atoms with Crippen LogP contribution >= 0.6 is 0 Å². The third-order valence-corrected chi connectivity index (χ3v) is 17.2. The molecule has 484 valence electrons. The minimum absolute atomic E-state index is 0.0102. The molecule has 2 heterocycles. The Morgan fingerprint density at radius 2 is 0.735 bits per heavy atom. The van der Waals surface area contributed by atoms with Crippen molar-refractivity contribution in [1.82, 2.24) is 0 Å². The molecule has 13 heteroatoms. The second-order valence-corrected chi connectivity index (χ2v) is 23.8. The SMILES string of the molecule is C#CCOC1=CC(=O)c2cccc3cccc1c23.C#CCOCC1=Cc2cccc3cccc(c23)C1=O.C=CCOCCOCC1=Cc2cccc3cccc(c23)C1=O.O=C1C(COCC2CO2)=Cc2cccc3cccc1c23.O=C1C=C(OCC2CO2)c2cccc3cccc1c23. The molecule has 0 saturated carbocycles. The molecule has 13 nitrogen and oxygen atoms in total. The Morgan fingerprint density at radius 1 is 0.388 bits per heavy atom. The van der Waals surface area contributed by atoms with E-state index in [4.69, 9.17) is 50.7 Å². The standard InChI is InChI=1S/C19H18O3.C17H14O3.C17H12O2.C16H12O3.C16H10O2/c1-2-9-21-10-11-22-13-16-12-15-7-3-5-14-6-4-8-17(18(14)15)19(16)20;18-17-13(8-19-9-14-10-20-14)7-12-5-1-3-11-4-2-6-15(17)16(11)12;1-2-9-19-11-14-10-13-7-3-5-12-6-4-8-15(16(12)13)17(14)18;17-14-7-15(19-9-11-8-18-11)13-6-2-4-10-3-1-5-12(14)16(10)13;1-2-9-18-15-10-14(17)12-7-3-5-11-6-4-8-13(15)16(11)12/h2-8,12H,1,9-11,13H2;1-7,14H,8-10H2;1,3-8,10H,9,11H2;1-7,11H,8-9H2;1,3-8,10H,9H2. The molecule has 17 rings (SSSR count). The summed E-state index contributed by atoms with van der Waals surface area (Å²) in [6.45, 7) is 8.96. The Labute approximate surface area is 566 Å². The van der Waals surface area contributed by atoms with Crippen LogP contribution in [0, 0.1) is 24.7 Å². The van der Waals surface area contributed by atoms with Crippen LogP contribution in [0.3, 0.4) is 0 Å². The summed E-state index contributed by atoms with van der Waals surface area (Å²) in [5.74, 6) is 6.16. The lowest BCUT2D eigenvalue weighted by Gasteiger charge is -2.18. The maximum Gasteiger partial charge on any atom is 0.192 e. The van der Waals surface area contributed by atoms with E-state index in [0.29, 0.717) is 68.9 Å². The van der Waals surface area contributed by atoms with E-state index in [9.17, 15) is 24.0 Å². The summed E-state index contributed by atoms with van der Waals surface area (Å²) in [5, 5.41) is 10.4. The lowest BCUT2D eigenvalue weighted by molar-refractivity contribution is 0.0661. The van der Waals surface area contributed by atoms with Crippen LogP contribution < -0.4 is 0 Å². The Morgan fingerprint density at radius 3 is 1.14 bits per heavy atom. The summed E-state index contributed by atoms with van der Waals surface area (Å²) in [4.78, 5) is 61.7. The second-order valence-electron chi connectivity index (χ2n) is 23.8. The fourth-order valence-electron chi connectivity index (χ4n) is 12.5. The van der Waals surface area contributed by atoms with E-state index < -0.39 is 0 Å². The molecule has 0 radical (unpaired) electrons. The monoisotopic (exact) mass is 1290 g/mol. The quantitative estimate of drug-likeness (QED) is 0.0325. The Bertz CT molecular complexity index is 5090. The van der Waals surface area contributed by atoms with E-state index in [1.807, 2.05) is 200 Å². The summed E-state index contributed by atoms with van der Waals surface area (Å²) in [6.07, 6.45) is 21.3. The number of benzene rings is 10. The molecule has 10 aromatic rings. The van der Waals surface area contributed by atoms with E-state index in [-0.39, 0.29) is 60.9 Å². The van der Waals surface area contributed by atoms with Crippen molar-refractivity contribution in [3.63, 3.8) is 0 Å². The molecule has 2 saturated heterocycles. The normalized spacial score (nSPS) is 16.0. The number of hydrogen-bond donors (Lipinski definition) is 0. The number of epoxide rings is 2. The fourth-order valence-corrected chi connectivity index (χ4v) is 12.5. The largest absolute Gasteiger partial charge is 0.490 e. The van der Waals surface area contributed by atoms with Crippen molar-refractivity contribution in [2.75, 3.05) is 79.3 Å². The maximum atomic E-state index is 12.6. The number of terminal acetylenes is 2. The van der Waals surface area contributed by atoms with Crippen molar-refractivity contribution in [3.05, 3.63) is 279 Å². The lowest BCUT2D eigenvalue weighted by Crippen LogP contribution is -2.15. The number of hydrogen-bond acceptors (Lipinski definition) is 13. The summed E-state index contributed by atoms with van der Waals surface area (Å²) in [5.41, 5.74) is 11.0. The van der Waals surface area contributed by atoms with Crippen LogP contribution in [-0.4, -0.2) is 120 Å². The highest BCUT2D eigenvalue weighted by atomic mass is 16.6. The molecule has 2 unspecified atom stereocenters. The molecule has 0 aromatic heterocycles. The number of carbonyl (C=O) groups excluding carboxylic acids is 5. The van der Waals surface area contributed by atoms with Gasteiger partial charge in [0.1, 0.15) is 43.5 Å². The molecule has 5 aliphatic carbocycles. The highest BCUT2D eigenvalue weighted by Gasteiger charge is 2.29. The molecule has 2 aliphatic heterocycles. The zero-order chi connectivity index (χ0) is 67.5. The molecule has 0 amide bonds. The molecule has 10 aromatic carbocycles. The van der Waals surface area contributed by atoms with E-state index in [0.717, 1.165) is 128 Å². The minimum Gasteiger partial charge on any atom is -0.490 e. The van der Waals surface area contributed by atoms with Gasteiger partial charge in [-0.2, -0.15) is 0 Å². The first kappa shape index (κ1) is 65.4. The van der Waals surface area contributed by atoms with Crippen LogP contribution in [0.15, 0.2) is 224 Å². The summed E-state index contributed by atoms with van der Waals surface area (Å²) >= 11 is 0. The lowest BCUT2D eigenvalue weighted by atomic mass is 9.88. The van der Waals surface area contributed by atoms with Crippen molar-refractivity contribution in [2.45, 2.75) is 12.2 Å². The predicted molar refractivity (Wildman–Crippen MR) is 384 cm³/mol. The van der Waals surface area contributed by atoms with Gasteiger partial charge in [-0.25, -0.2) is 0 Å². The van der Waals surface area contributed by atoms with Crippen molar-refractivity contribution >= 4 is 113 Å². The van der Waals surface area contributed by atoms with Crippen molar-refractivity contribution < 1.29 is 61.9 Å². The average molecular weight is 1300 g/mol. The van der Waals surface area contributed by atoms with Gasteiger partial charge in [0, 0.05) is 94.7 Å². The predicted octanol–water partition coefficient (Wildman–Crippen LogP) is 15.4. The van der Waals surface area contributed by atoms with Gasteiger partial charge in [-0.3, -0.25) is 24.0 Å². The molecule has 0 spiro atoms. The minimum atomic E-state index is -0.0358. The molecular formula is C85H66O13. The van der Waals surface area contributed by atoms with Gasteiger partial charge in [0.25, 0.3) is 0 Å². The first-order valence-corrected chi connectivity index (χ1v) is 32.2. The van der Waals surface area contributed by atoms with Gasteiger partial charge >= 0.3 is 0 Å². The molecule has 2 atom stereocenters. The van der Waals surface area contributed by atoms with E-state index in [1.165, 1.54) is 6.08 Å². The molecule has 0 N–H and O–H groups in total. The number of Topliss-reactive ketones (excluding diaryl/α,β-unsaturated/α-hetero) is 3. The molecule has 2 fully saturated rings. The number of rotatable bonds is 19. The number of allylic oxidation sites excluding steroid dienone is 2. The van der Waals surface area contributed by atoms with E-state index >= 15 is 0 Å². The molecule has 7 aliphatic rings. The van der Waals surface area contributed by atoms with Gasteiger partial charge in [0.15, 0.2) is 28.9 Å². The van der Waals surface area contributed by atoms with Gasteiger partial charge in [-0.1, -0.05) is 200 Å². The highest BCUT2D eigenvalue weighted by Crippen LogP contribution is 2.38. The van der Waals surface area contributed by atoms with Crippen LogP contribution in [0.25, 0.3) is 83.6 Å². The van der Waals surface area contributed by atoms with Crippen LogP contribution in [0.1, 0.15) is 79.6 Å². The van der Waals surface area contributed by atoms with Crippen molar-refractivity contribution in [2.24, 2.45) is 0 Å². The first-order valence-electron chi connectivity index (χ1n) is 32.2. The van der Waals surface area contributed by atoms with Crippen LogP contribution in [-0.2, 0) is 37.9 Å². The summed E-state index contributed by atoms with van der Waals surface area (Å²) < 4.78 is 43.1. The number of ether oxygens (including phenoxy) is 8. The van der Waals surface area contributed by atoms with Crippen LogP contribution in [0.5, 0.6) is 0 Å². The Balaban J connectivity index is 0.000000110. The van der Waals surface area contributed by atoms with Gasteiger partial charge in [-0.05, 0) is 61.8 Å². The number of ketones is 5. The molecule has 98 heavy (non-hydrogen) atoms. The van der Waals surface area contributed by atoms with Crippen molar-refractivity contribution in [3.8, 4) is 24.7 Å². The first-order chi connectivity index (χ1) is 48.1. The zero-order valence-electron chi connectivity index (χ0n) is 53.6. The van der Waals surface area contributed by atoms with E-state index in [2.05, 4.69) is 18.4 Å². The number of carbonyl (C=O) groups is 5. The summed E-state index contributed by atoms with van der Waals surface area (Å²) in [6, 6.07) is 59.1. The van der Waals surface area contributed by atoms with Gasteiger partial charge in [-0.15, -0.1) is 19.4 Å².